The van der Waals surface area contributed by atoms with E-state index in [1.165, 1.54) is 4.40 Å². The van der Waals surface area contributed by atoms with Crippen molar-refractivity contribution in [2.45, 2.75) is 0 Å². The Hall–Kier alpha value is -2.37. The number of aromatic nitrogens is 1. The van der Waals surface area contributed by atoms with Crippen molar-refractivity contribution >= 4 is 22.9 Å². The number of carbonyl (C=O) groups is 1. The van der Waals surface area contributed by atoms with Crippen molar-refractivity contribution in [3.8, 4) is 0 Å². The summed E-state index contributed by atoms with van der Waals surface area (Å²) in [5, 5.41) is 14.7. The fourth-order valence-electron chi connectivity index (χ4n) is 1.73. The molecule has 0 spiro atoms. The molecule has 0 radical (unpaired) electrons. The number of nitroso groups, excluding NO2 is 1. The van der Waals surface area contributed by atoms with Crippen LogP contribution < -0.4 is 5.32 Å². The Balaban J connectivity index is 2.95. The fraction of sp³-hybridized carbons (Fsp3) is 0.100. The van der Waals surface area contributed by atoms with Gasteiger partial charge in [-0.2, -0.15) is 0 Å². The van der Waals surface area contributed by atoms with Crippen LogP contribution in [0.1, 0.15) is 10.5 Å². The van der Waals surface area contributed by atoms with Gasteiger partial charge in [-0.15, -0.1) is 4.91 Å². The summed E-state index contributed by atoms with van der Waals surface area (Å²) in [7, 11) is 1.55. The molecule has 0 aliphatic heterocycles. The minimum Gasteiger partial charge on any atom is -0.476 e. The molecule has 2 aromatic heterocycles. The van der Waals surface area contributed by atoms with Crippen LogP contribution in [-0.4, -0.2) is 22.5 Å². The Morgan fingerprint density at radius 1 is 1.50 bits per heavy atom. The predicted molar refractivity (Wildman–Crippen MR) is 59.4 cm³/mol. The summed E-state index contributed by atoms with van der Waals surface area (Å²) in [6.07, 6.45) is 1.58. The highest BCUT2D eigenvalue weighted by molar-refractivity contribution is 6.01. The monoisotopic (exact) mass is 219 g/mol. The SMILES string of the molecule is CNc1c(N=O)c2ccccn2c1C(=O)O. The van der Waals surface area contributed by atoms with Gasteiger partial charge in [-0.3, -0.25) is 0 Å². The molecule has 2 aromatic rings. The molecule has 0 bridgehead atoms. The number of hydrogen-bond donors (Lipinski definition) is 2. The van der Waals surface area contributed by atoms with Gasteiger partial charge in [-0.25, -0.2) is 4.79 Å². The van der Waals surface area contributed by atoms with Gasteiger partial charge < -0.3 is 14.8 Å². The average Bonchev–Trinajstić information content (AvgIpc) is 2.62. The molecule has 2 heterocycles. The molecule has 6 nitrogen and oxygen atoms in total. The van der Waals surface area contributed by atoms with Crippen molar-refractivity contribution in [2.75, 3.05) is 12.4 Å². The minimum atomic E-state index is -1.11. The van der Waals surface area contributed by atoms with Gasteiger partial charge in [0.05, 0.1) is 11.2 Å². The van der Waals surface area contributed by atoms with E-state index in [-0.39, 0.29) is 17.1 Å². The maximum atomic E-state index is 11.1. The predicted octanol–water partition coefficient (Wildman–Crippen LogP) is 2.08. The molecule has 0 amide bonds. The maximum absolute atomic E-state index is 11.1. The number of anilines is 1. The topological polar surface area (TPSA) is 83.2 Å². The smallest absolute Gasteiger partial charge is 0.355 e. The number of hydrogen-bond acceptors (Lipinski definition) is 4. The van der Waals surface area contributed by atoms with E-state index >= 15 is 0 Å². The van der Waals surface area contributed by atoms with Gasteiger partial charge in [-0.05, 0) is 17.3 Å². The molecule has 2 N–H and O–H groups in total. The zero-order valence-electron chi connectivity index (χ0n) is 8.47. The van der Waals surface area contributed by atoms with E-state index in [2.05, 4.69) is 10.5 Å². The van der Waals surface area contributed by atoms with E-state index in [0.717, 1.165) is 0 Å². The minimum absolute atomic E-state index is 0.00713. The molecule has 0 aliphatic carbocycles. The third-order valence-electron chi connectivity index (χ3n) is 2.36. The van der Waals surface area contributed by atoms with E-state index in [0.29, 0.717) is 5.52 Å². The summed E-state index contributed by atoms with van der Waals surface area (Å²) in [5.41, 5.74) is 0.821. The lowest BCUT2D eigenvalue weighted by atomic mass is 10.3. The third kappa shape index (κ3) is 1.23. The second kappa shape index (κ2) is 3.65. The lowest BCUT2D eigenvalue weighted by Crippen LogP contribution is -2.04. The van der Waals surface area contributed by atoms with Gasteiger partial charge in [0, 0.05) is 13.2 Å². The highest BCUT2D eigenvalue weighted by atomic mass is 16.4. The van der Waals surface area contributed by atoms with Crippen LogP contribution in [0.2, 0.25) is 0 Å². The van der Waals surface area contributed by atoms with Crippen molar-refractivity contribution in [2.24, 2.45) is 5.18 Å². The van der Waals surface area contributed by atoms with Gasteiger partial charge >= 0.3 is 5.97 Å². The van der Waals surface area contributed by atoms with Crippen LogP contribution in [-0.2, 0) is 0 Å². The van der Waals surface area contributed by atoms with Crippen molar-refractivity contribution in [1.29, 1.82) is 0 Å². The Bertz CT molecular complexity index is 574. The summed E-state index contributed by atoms with van der Waals surface area (Å²) in [6, 6.07) is 5.05. The normalized spacial score (nSPS) is 10.3. The standard InChI is InChI=1S/C10H9N3O3/c1-11-8-7(12-16)6-4-2-3-5-13(6)9(8)10(14)15/h2-5,11H,1H3,(H,14,15). The first-order valence-corrected chi connectivity index (χ1v) is 4.58. The molecule has 0 saturated carbocycles. The number of carboxylic acids is 1. The summed E-state index contributed by atoms with van der Waals surface area (Å²) in [5.74, 6) is -1.11. The summed E-state index contributed by atoms with van der Waals surface area (Å²) < 4.78 is 1.42. The van der Waals surface area contributed by atoms with Crippen LogP contribution >= 0.6 is 0 Å². The summed E-state index contributed by atoms with van der Waals surface area (Å²) in [6.45, 7) is 0. The fourth-order valence-corrected chi connectivity index (χ4v) is 1.73. The number of nitrogens with zero attached hydrogens (tertiary/aromatic N) is 2. The zero-order chi connectivity index (χ0) is 11.7. The Kier molecular flexibility index (Phi) is 2.32. The van der Waals surface area contributed by atoms with E-state index < -0.39 is 5.97 Å². The molecular formula is C10H9N3O3. The van der Waals surface area contributed by atoms with Crippen LogP contribution in [0.3, 0.4) is 0 Å². The first-order chi connectivity index (χ1) is 7.70. The van der Waals surface area contributed by atoms with Gasteiger partial charge in [-0.1, -0.05) is 6.07 Å². The van der Waals surface area contributed by atoms with E-state index in [1.807, 2.05) is 0 Å². The van der Waals surface area contributed by atoms with Gasteiger partial charge in [0.2, 0.25) is 0 Å². The average molecular weight is 219 g/mol. The van der Waals surface area contributed by atoms with E-state index in [9.17, 15) is 9.70 Å². The zero-order valence-corrected chi connectivity index (χ0v) is 8.47. The molecule has 6 heteroatoms. The lowest BCUT2D eigenvalue weighted by molar-refractivity contribution is 0.0690. The number of carboxylic acid groups (broad SMARTS) is 1. The quantitative estimate of drug-likeness (QED) is 0.774. The molecule has 16 heavy (non-hydrogen) atoms. The molecule has 0 saturated heterocycles. The van der Waals surface area contributed by atoms with Crippen molar-refractivity contribution < 1.29 is 9.90 Å². The van der Waals surface area contributed by atoms with Crippen LogP contribution in [0.4, 0.5) is 11.4 Å². The van der Waals surface area contributed by atoms with Gasteiger partial charge in [0.25, 0.3) is 0 Å². The van der Waals surface area contributed by atoms with E-state index in [4.69, 9.17) is 5.11 Å². The first-order valence-electron chi connectivity index (χ1n) is 4.58. The number of fused-ring (bicyclic) bond motifs is 1. The van der Waals surface area contributed by atoms with Crippen LogP contribution in [0.5, 0.6) is 0 Å². The number of nitrogens with one attached hydrogen (secondary N) is 1. The van der Waals surface area contributed by atoms with Crippen molar-refractivity contribution in [1.82, 2.24) is 4.40 Å². The van der Waals surface area contributed by atoms with Crippen LogP contribution in [0.25, 0.3) is 5.52 Å². The second-order valence-corrected chi connectivity index (χ2v) is 3.17. The molecule has 2 rings (SSSR count). The van der Waals surface area contributed by atoms with Crippen molar-refractivity contribution in [3.63, 3.8) is 0 Å². The highest BCUT2D eigenvalue weighted by Gasteiger charge is 2.22. The highest BCUT2D eigenvalue weighted by Crippen LogP contribution is 2.35. The summed E-state index contributed by atoms with van der Waals surface area (Å²) >= 11 is 0. The van der Waals surface area contributed by atoms with Gasteiger partial charge in [0.15, 0.2) is 11.4 Å². The maximum Gasteiger partial charge on any atom is 0.355 e. The number of aromatic carboxylic acids is 1. The summed E-state index contributed by atoms with van der Waals surface area (Å²) in [4.78, 5) is 21.9. The van der Waals surface area contributed by atoms with Crippen LogP contribution in [0.15, 0.2) is 29.6 Å². The molecular weight excluding hydrogens is 210 g/mol. The first kappa shape index (κ1) is 10.2. The van der Waals surface area contributed by atoms with E-state index in [1.54, 1.807) is 31.4 Å². The lowest BCUT2D eigenvalue weighted by Gasteiger charge is -1.99. The molecule has 0 atom stereocenters. The Labute approximate surface area is 90.5 Å². The molecule has 0 aromatic carbocycles. The molecule has 0 fully saturated rings. The van der Waals surface area contributed by atoms with Gasteiger partial charge in [0.1, 0.15) is 0 Å². The second-order valence-electron chi connectivity index (χ2n) is 3.17. The third-order valence-corrected chi connectivity index (χ3v) is 2.36. The van der Waals surface area contributed by atoms with Crippen molar-refractivity contribution in [3.05, 3.63) is 35.0 Å². The molecule has 82 valence electrons. The number of rotatable bonds is 3. The number of pyridine rings is 1. The largest absolute Gasteiger partial charge is 0.476 e. The Morgan fingerprint density at radius 2 is 2.25 bits per heavy atom. The molecule has 0 unspecified atom stereocenters. The molecule has 0 aliphatic rings. The Morgan fingerprint density at radius 3 is 2.81 bits per heavy atom. The van der Waals surface area contributed by atoms with Crippen LogP contribution in [0, 0.1) is 4.91 Å².